The number of rotatable bonds is 10. The van der Waals surface area contributed by atoms with E-state index in [0.717, 1.165) is 50.3 Å². The van der Waals surface area contributed by atoms with Gasteiger partial charge in [0, 0.05) is 17.1 Å². The second kappa shape index (κ2) is 14.9. The Hall–Kier alpha value is -7.74. The molecule has 2 aliphatic rings. The molecule has 0 heterocycles. The smallest absolute Gasteiger partial charge is 0.0725 e. The molecule has 1 unspecified atom stereocenters. The SMILES string of the molecule is C=C/C=C\C(=C)C(=C)C1=C(C=C)C2(c3ccccc31)c1ccccc1-c1cc3ccc(N(c4ccc(-c5ccccc5)cc4)c4ccc(-c5ccccc5)cc4)cc3cc12. The summed E-state index contributed by atoms with van der Waals surface area (Å²) in [5, 5.41) is 2.35. The summed E-state index contributed by atoms with van der Waals surface area (Å²) in [6, 6.07) is 68.3. The zero-order valence-corrected chi connectivity index (χ0v) is 33.5. The summed E-state index contributed by atoms with van der Waals surface area (Å²) in [7, 11) is 0. The third-order valence-corrected chi connectivity index (χ3v) is 12.3. The Balaban J connectivity index is 1.17. The van der Waals surface area contributed by atoms with Gasteiger partial charge in [-0.1, -0.05) is 190 Å². The van der Waals surface area contributed by atoms with Gasteiger partial charge in [0.15, 0.2) is 0 Å². The number of allylic oxidation sites excluding steroid dienone is 8. The Labute approximate surface area is 353 Å². The van der Waals surface area contributed by atoms with Gasteiger partial charge >= 0.3 is 0 Å². The van der Waals surface area contributed by atoms with Crippen molar-refractivity contribution in [2.24, 2.45) is 0 Å². The summed E-state index contributed by atoms with van der Waals surface area (Å²) in [5.74, 6) is 0. The maximum Gasteiger partial charge on any atom is 0.0725 e. The molecule has 0 aliphatic heterocycles. The molecule has 1 heteroatoms. The molecule has 2 aliphatic carbocycles. The highest BCUT2D eigenvalue weighted by molar-refractivity contribution is 6.04. The van der Waals surface area contributed by atoms with Crippen LogP contribution in [-0.2, 0) is 5.41 Å². The lowest BCUT2D eigenvalue weighted by Gasteiger charge is -2.32. The fraction of sp³-hybridized carbons (Fsp3) is 0.0169. The topological polar surface area (TPSA) is 3.24 Å². The fourth-order valence-electron chi connectivity index (χ4n) is 9.57. The average molecular weight is 766 g/mol. The van der Waals surface area contributed by atoms with Gasteiger partial charge in [0.2, 0.25) is 0 Å². The van der Waals surface area contributed by atoms with E-state index in [-0.39, 0.29) is 0 Å². The number of benzene rings is 8. The molecule has 0 fully saturated rings. The van der Waals surface area contributed by atoms with E-state index < -0.39 is 5.41 Å². The number of anilines is 3. The van der Waals surface area contributed by atoms with Gasteiger partial charge in [-0.15, -0.1) is 0 Å². The molecular formula is C59H43N. The number of fused-ring (bicyclic) bond motifs is 8. The lowest BCUT2D eigenvalue weighted by Crippen LogP contribution is -2.26. The third kappa shape index (κ3) is 5.78. The minimum atomic E-state index is -0.588. The maximum atomic E-state index is 4.64. The molecule has 0 saturated carbocycles. The number of hydrogen-bond acceptors (Lipinski definition) is 1. The van der Waals surface area contributed by atoms with Gasteiger partial charge in [-0.05, 0) is 137 Å². The Bertz CT molecular complexity index is 2990. The predicted molar refractivity (Wildman–Crippen MR) is 256 cm³/mol. The van der Waals surface area contributed by atoms with Crippen molar-refractivity contribution in [2.45, 2.75) is 5.41 Å². The van der Waals surface area contributed by atoms with Crippen LogP contribution in [0.2, 0.25) is 0 Å². The maximum absolute atomic E-state index is 4.64. The van der Waals surface area contributed by atoms with Crippen molar-refractivity contribution >= 4 is 33.4 Å². The monoisotopic (exact) mass is 765 g/mol. The Morgan fingerprint density at radius 3 is 1.55 bits per heavy atom. The molecule has 8 aromatic carbocycles. The summed E-state index contributed by atoms with van der Waals surface area (Å²) >= 11 is 0. The van der Waals surface area contributed by atoms with Gasteiger partial charge in [-0.2, -0.15) is 0 Å². The van der Waals surface area contributed by atoms with Crippen LogP contribution < -0.4 is 4.90 Å². The van der Waals surface area contributed by atoms with Crippen molar-refractivity contribution in [2.75, 3.05) is 4.90 Å². The third-order valence-electron chi connectivity index (χ3n) is 12.3. The van der Waals surface area contributed by atoms with E-state index in [0.29, 0.717) is 0 Å². The molecule has 0 bridgehead atoms. The van der Waals surface area contributed by atoms with E-state index in [1.54, 1.807) is 6.08 Å². The lowest BCUT2D eigenvalue weighted by atomic mass is 9.69. The molecule has 60 heavy (non-hydrogen) atoms. The zero-order valence-electron chi connectivity index (χ0n) is 33.5. The van der Waals surface area contributed by atoms with Crippen LogP contribution in [-0.4, -0.2) is 0 Å². The van der Waals surface area contributed by atoms with Gasteiger partial charge in [0.1, 0.15) is 0 Å². The minimum Gasteiger partial charge on any atom is -0.310 e. The first-order valence-corrected chi connectivity index (χ1v) is 20.4. The van der Waals surface area contributed by atoms with E-state index in [4.69, 9.17) is 0 Å². The normalized spacial score (nSPS) is 14.9. The Morgan fingerprint density at radius 2 is 0.967 bits per heavy atom. The van der Waals surface area contributed by atoms with Crippen LogP contribution in [0.3, 0.4) is 0 Å². The Morgan fingerprint density at radius 1 is 0.450 bits per heavy atom. The van der Waals surface area contributed by atoms with E-state index in [2.05, 4.69) is 225 Å². The summed E-state index contributed by atoms with van der Waals surface area (Å²) < 4.78 is 0. The predicted octanol–water partition coefficient (Wildman–Crippen LogP) is 15.8. The van der Waals surface area contributed by atoms with E-state index in [9.17, 15) is 0 Å². The van der Waals surface area contributed by atoms with Crippen molar-refractivity contribution in [3.8, 4) is 33.4 Å². The number of nitrogens with zero attached hydrogens (tertiary/aromatic N) is 1. The van der Waals surface area contributed by atoms with Crippen LogP contribution in [0, 0.1) is 0 Å². The molecule has 0 amide bonds. The molecule has 284 valence electrons. The van der Waals surface area contributed by atoms with E-state index in [1.165, 1.54) is 55.5 Å². The van der Waals surface area contributed by atoms with Crippen molar-refractivity contribution < 1.29 is 0 Å². The molecule has 1 spiro atoms. The first kappa shape index (κ1) is 36.6. The minimum absolute atomic E-state index is 0.588. The molecule has 10 rings (SSSR count). The van der Waals surface area contributed by atoms with Crippen molar-refractivity contribution in [1.82, 2.24) is 0 Å². The Kier molecular flexibility index (Phi) is 9.08. The summed E-state index contributed by atoms with van der Waals surface area (Å²) in [6.45, 7) is 17.4. The van der Waals surface area contributed by atoms with Gasteiger partial charge in [0.05, 0.1) is 5.41 Å². The molecule has 1 nitrogen and oxygen atoms in total. The summed E-state index contributed by atoms with van der Waals surface area (Å²) in [6.07, 6.45) is 7.73. The number of hydrogen-bond donors (Lipinski definition) is 0. The second-order valence-corrected chi connectivity index (χ2v) is 15.5. The molecule has 0 N–H and O–H groups in total. The van der Waals surface area contributed by atoms with E-state index >= 15 is 0 Å². The summed E-state index contributed by atoms with van der Waals surface area (Å²) in [4.78, 5) is 2.37. The van der Waals surface area contributed by atoms with Crippen LogP contribution >= 0.6 is 0 Å². The zero-order chi connectivity index (χ0) is 40.8. The highest BCUT2D eigenvalue weighted by atomic mass is 15.1. The van der Waals surface area contributed by atoms with Crippen LogP contribution in [0.4, 0.5) is 17.1 Å². The fourth-order valence-corrected chi connectivity index (χ4v) is 9.57. The van der Waals surface area contributed by atoms with Crippen LogP contribution in [0.15, 0.2) is 255 Å². The average Bonchev–Trinajstić information content (AvgIpc) is 3.77. The second-order valence-electron chi connectivity index (χ2n) is 15.5. The molecule has 0 aromatic heterocycles. The lowest BCUT2D eigenvalue weighted by molar-refractivity contribution is 0.788. The van der Waals surface area contributed by atoms with Gasteiger partial charge in [-0.25, -0.2) is 0 Å². The van der Waals surface area contributed by atoms with Crippen LogP contribution in [0.5, 0.6) is 0 Å². The standard InChI is InChI=1S/C59H43N/c1-5-7-18-40(3)41(4)58-52-24-15-17-26-56(52)59(54(58)6-2)55-25-16-14-23-51(55)53-38-46-31-36-50(37-47(46)39-57(53)59)60(48-32-27-44(28-33-48)42-19-10-8-11-20-42)49-34-29-45(30-35-49)43-21-12-9-13-22-43/h5-39H,1-4H2/b18-7-. The van der Waals surface area contributed by atoms with E-state index in [1.807, 2.05) is 12.2 Å². The summed E-state index contributed by atoms with van der Waals surface area (Å²) in [5.41, 5.74) is 18.7. The van der Waals surface area contributed by atoms with Crippen molar-refractivity contribution in [1.29, 1.82) is 0 Å². The van der Waals surface area contributed by atoms with Crippen LogP contribution in [0.1, 0.15) is 22.3 Å². The quantitative estimate of drug-likeness (QED) is 0.125. The van der Waals surface area contributed by atoms with Crippen molar-refractivity contribution in [3.63, 3.8) is 0 Å². The van der Waals surface area contributed by atoms with Gasteiger partial charge < -0.3 is 4.90 Å². The molecule has 1 atom stereocenters. The largest absolute Gasteiger partial charge is 0.310 e. The highest BCUT2D eigenvalue weighted by Crippen LogP contribution is 2.63. The first-order chi connectivity index (χ1) is 29.5. The molecule has 0 saturated heterocycles. The molecule has 8 aromatic rings. The highest BCUT2D eigenvalue weighted by Gasteiger charge is 2.52. The van der Waals surface area contributed by atoms with Gasteiger partial charge in [-0.3, -0.25) is 0 Å². The molecule has 0 radical (unpaired) electrons. The first-order valence-electron chi connectivity index (χ1n) is 20.4. The molecular weight excluding hydrogens is 723 g/mol. The van der Waals surface area contributed by atoms with Gasteiger partial charge in [0.25, 0.3) is 0 Å². The van der Waals surface area contributed by atoms with Crippen LogP contribution in [0.25, 0.3) is 49.7 Å². The van der Waals surface area contributed by atoms with Crippen molar-refractivity contribution in [3.05, 3.63) is 278 Å².